The second-order valence-corrected chi connectivity index (χ2v) is 6.99. The second-order valence-electron chi connectivity index (χ2n) is 6.58. The maximum absolute atomic E-state index is 12.7. The van der Waals surface area contributed by atoms with Gasteiger partial charge in [-0.05, 0) is 48.4 Å². The van der Waals surface area contributed by atoms with E-state index in [9.17, 15) is 9.59 Å². The number of carbonyl (C=O) groups is 2. The lowest BCUT2D eigenvalue weighted by Gasteiger charge is -2.16. The highest BCUT2D eigenvalue weighted by atomic mass is 35.5. The Morgan fingerprint density at radius 1 is 1.18 bits per heavy atom. The number of hydrogen-bond acceptors (Lipinski definition) is 3. The zero-order valence-corrected chi connectivity index (χ0v) is 16.1. The first-order valence-electron chi connectivity index (χ1n) is 9.09. The molecule has 0 saturated carbocycles. The Balaban J connectivity index is 1.52. The maximum atomic E-state index is 12.7. The average Bonchev–Trinajstić information content (AvgIpc) is 3.37. The van der Waals surface area contributed by atoms with Crippen molar-refractivity contribution in [3.63, 3.8) is 0 Å². The van der Waals surface area contributed by atoms with E-state index < -0.39 is 0 Å². The summed E-state index contributed by atoms with van der Waals surface area (Å²) in [6, 6.07) is 10.8. The van der Waals surface area contributed by atoms with Gasteiger partial charge < -0.3 is 14.8 Å². The highest BCUT2D eigenvalue weighted by Crippen LogP contribution is 2.30. The fraction of sp³-hybridized carbons (Fsp3) is 0.190. The molecule has 2 amide bonds. The summed E-state index contributed by atoms with van der Waals surface area (Å²) in [6.07, 6.45) is 6.37. The molecule has 7 heteroatoms. The molecule has 0 bridgehead atoms. The molecule has 0 saturated heterocycles. The van der Waals surface area contributed by atoms with Crippen molar-refractivity contribution in [1.29, 1.82) is 0 Å². The molecule has 142 valence electrons. The molecular formula is C21H19ClN4O2. The van der Waals surface area contributed by atoms with Gasteiger partial charge in [0.2, 0.25) is 5.91 Å². The lowest BCUT2D eigenvalue weighted by atomic mass is 10.1. The van der Waals surface area contributed by atoms with Crippen molar-refractivity contribution in [3.05, 3.63) is 71.3 Å². The Labute approximate surface area is 167 Å². The van der Waals surface area contributed by atoms with Gasteiger partial charge in [0.15, 0.2) is 0 Å². The van der Waals surface area contributed by atoms with Gasteiger partial charge in [-0.25, -0.2) is 4.98 Å². The molecule has 1 aliphatic rings. The third kappa shape index (κ3) is 3.39. The van der Waals surface area contributed by atoms with Gasteiger partial charge in [-0.1, -0.05) is 18.5 Å². The molecule has 6 nitrogen and oxygen atoms in total. The van der Waals surface area contributed by atoms with Crippen LogP contribution in [0.2, 0.25) is 5.02 Å². The first-order chi connectivity index (χ1) is 13.6. The second kappa shape index (κ2) is 7.48. The summed E-state index contributed by atoms with van der Waals surface area (Å²) in [4.78, 5) is 30.5. The number of nitrogens with zero attached hydrogens (tertiary/aromatic N) is 3. The predicted molar refractivity (Wildman–Crippen MR) is 109 cm³/mol. The van der Waals surface area contributed by atoms with Gasteiger partial charge in [-0.15, -0.1) is 0 Å². The Morgan fingerprint density at radius 2 is 2.00 bits per heavy atom. The number of hydrogen-bond donors (Lipinski definition) is 1. The number of carbonyl (C=O) groups excluding carboxylic acids is 2. The Hall–Kier alpha value is -3.12. The summed E-state index contributed by atoms with van der Waals surface area (Å²) in [6.45, 7) is 2.52. The summed E-state index contributed by atoms with van der Waals surface area (Å²) >= 11 is 6.35. The number of benzene rings is 2. The van der Waals surface area contributed by atoms with Gasteiger partial charge >= 0.3 is 0 Å². The SMILES string of the molecule is CCC(=O)N1CCc2cc(C(=O)Nc3ccc(-n4ccnc4)c(Cl)c3)ccc21. The summed E-state index contributed by atoms with van der Waals surface area (Å²) in [7, 11) is 0. The predicted octanol–water partition coefficient (Wildman–Crippen LogP) is 4.08. The Morgan fingerprint density at radius 3 is 2.71 bits per heavy atom. The van der Waals surface area contributed by atoms with E-state index in [1.54, 1.807) is 46.4 Å². The molecule has 1 N–H and O–H groups in total. The number of fused-ring (bicyclic) bond motifs is 1. The Bertz CT molecular complexity index is 1050. The summed E-state index contributed by atoms with van der Waals surface area (Å²) < 4.78 is 1.80. The molecule has 2 heterocycles. The van der Waals surface area contributed by atoms with Crippen molar-refractivity contribution in [2.45, 2.75) is 19.8 Å². The molecule has 0 aliphatic carbocycles. The van der Waals surface area contributed by atoms with E-state index in [4.69, 9.17) is 11.6 Å². The molecule has 28 heavy (non-hydrogen) atoms. The van der Waals surface area contributed by atoms with Crippen LogP contribution in [0.25, 0.3) is 5.69 Å². The number of halogens is 1. The first kappa shape index (κ1) is 18.3. The van der Waals surface area contributed by atoms with Crippen molar-refractivity contribution < 1.29 is 9.59 Å². The maximum Gasteiger partial charge on any atom is 0.255 e. The van der Waals surface area contributed by atoms with Crippen LogP contribution in [0.3, 0.4) is 0 Å². The number of aromatic nitrogens is 2. The fourth-order valence-electron chi connectivity index (χ4n) is 3.39. The highest BCUT2D eigenvalue weighted by molar-refractivity contribution is 6.32. The van der Waals surface area contributed by atoms with Crippen molar-refractivity contribution in [2.24, 2.45) is 0 Å². The van der Waals surface area contributed by atoms with E-state index >= 15 is 0 Å². The zero-order chi connectivity index (χ0) is 19.7. The number of imidazole rings is 1. The molecule has 2 aromatic carbocycles. The van der Waals surface area contributed by atoms with E-state index in [1.165, 1.54) is 0 Å². The van der Waals surface area contributed by atoms with Crippen molar-refractivity contribution in [1.82, 2.24) is 9.55 Å². The van der Waals surface area contributed by atoms with Crippen LogP contribution in [0.5, 0.6) is 0 Å². The smallest absolute Gasteiger partial charge is 0.255 e. The van der Waals surface area contributed by atoms with Crippen molar-refractivity contribution >= 4 is 34.8 Å². The molecule has 0 unspecified atom stereocenters. The monoisotopic (exact) mass is 394 g/mol. The minimum absolute atomic E-state index is 0.101. The minimum atomic E-state index is -0.213. The number of rotatable bonds is 4. The summed E-state index contributed by atoms with van der Waals surface area (Å²) in [5.41, 5.74) is 3.87. The van der Waals surface area contributed by atoms with Crippen LogP contribution in [-0.4, -0.2) is 27.9 Å². The quantitative estimate of drug-likeness (QED) is 0.725. The first-order valence-corrected chi connectivity index (χ1v) is 9.47. The molecule has 3 aromatic rings. The van der Waals surface area contributed by atoms with Crippen LogP contribution in [-0.2, 0) is 11.2 Å². The van der Waals surface area contributed by atoms with Crippen LogP contribution in [0.1, 0.15) is 29.3 Å². The van der Waals surface area contributed by atoms with Crippen LogP contribution in [0, 0.1) is 0 Å². The number of amides is 2. The topological polar surface area (TPSA) is 67.2 Å². The lowest BCUT2D eigenvalue weighted by molar-refractivity contribution is -0.118. The molecule has 1 aromatic heterocycles. The van der Waals surface area contributed by atoms with Gasteiger partial charge in [-0.3, -0.25) is 9.59 Å². The van der Waals surface area contributed by atoms with Crippen LogP contribution < -0.4 is 10.2 Å². The summed E-state index contributed by atoms with van der Waals surface area (Å²) in [5, 5.41) is 3.39. The van der Waals surface area contributed by atoms with Crippen LogP contribution in [0.4, 0.5) is 11.4 Å². The van der Waals surface area contributed by atoms with Gasteiger partial charge in [0.1, 0.15) is 0 Å². The lowest BCUT2D eigenvalue weighted by Crippen LogP contribution is -2.27. The summed E-state index contributed by atoms with van der Waals surface area (Å²) in [5.74, 6) is -0.113. The number of anilines is 2. The van der Waals surface area contributed by atoms with Gasteiger partial charge in [0.05, 0.1) is 17.0 Å². The van der Waals surface area contributed by atoms with E-state index in [1.807, 2.05) is 25.1 Å². The zero-order valence-electron chi connectivity index (χ0n) is 15.4. The molecule has 4 rings (SSSR count). The largest absolute Gasteiger partial charge is 0.322 e. The van der Waals surface area contributed by atoms with E-state index in [0.29, 0.717) is 29.2 Å². The van der Waals surface area contributed by atoms with Gasteiger partial charge in [0.25, 0.3) is 5.91 Å². The van der Waals surface area contributed by atoms with E-state index in [2.05, 4.69) is 10.3 Å². The van der Waals surface area contributed by atoms with Crippen LogP contribution in [0.15, 0.2) is 55.1 Å². The van der Waals surface area contributed by atoms with Crippen molar-refractivity contribution in [2.75, 3.05) is 16.8 Å². The minimum Gasteiger partial charge on any atom is -0.322 e. The standard InChI is InChI=1S/C21H19ClN4O2/c1-2-20(27)26-9-7-14-11-15(3-5-18(14)26)21(28)24-16-4-6-19(17(22)12-16)25-10-8-23-13-25/h3-6,8,10-13H,2,7,9H2,1H3,(H,24,28). The molecular weight excluding hydrogens is 376 g/mol. The highest BCUT2D eigenvalue weighted by Gasteiger charge is 2.24. The normalized spacial score (nSPS) is 12.7. The third-order valence-electron chi connectivity index (χ3n) is 4.83. The van der Waals surface area contributed by atoms with Crippen LogP contribution >= 0.6 is 11.6 Å². The fourth-order valence-corrected chi connectivity index (χ4v) is 3.67. The van der Waals surface area contributed by atoms with Gasteiger partial charge in [0, 0.05) is 42.3 Å². The molecule has 0 spiro atoms. The molecule has 0 radical (unpaired) electrons. The van der Waals surface area contributed by atoms with Crippen molar-refractivity contribution in [3.8, 4) is 5.69 Å². The van der Waals surface area contributed by atoms with E-state index in [0.717, 1.165) is 23.4 Å². The molecule has 1 aliphatic heterocycles. The number of nitrogens with one attached hydrogen (secondary N) is 1. The average molecular weight is 395 g/mol. The van der Waals surface area contributed by atoms with E-state index in [-0.39, 0.29) is 11.8 Å². The van der Waals surface area contributed by atoms with Gasteiger partial charge in [-0.2, -0.15) is 0 Å². The molecule has 0 atom stereocenters. The molecule has 0 fully saturated rings. The third-order valence-corrected chi connectivity index (χ3v) is 5.13. The Kier molecular flexibility index (Phi) is 4.88.